The summed E-state index contributed by atoms with van der Waals surface area (Å²) < 4.78 is 6.19. The van der Waals surface area contributed by atoms with Gasteiger partial charge in [-0.3, -0.25) is 19.7 Å². The number of nitrogens with zero attached hydrogens (tertiary/aromatic N) is 1. The summed E-state index contributed by atoms with van der Waals surface area (Å²) in [5.41, 5.74) is -0.243. The first-order valence-corrected chi connectivity index (χ1v) is 11.8. The van der Waals surface area contributed by atoms with Crippen LogP contribution in [0.5, 0.6) is 0 Å². The Morgan fingerprint density at radius 2 is 1.76 bits per heavy atom. The summed E-state index contributed by atoms with van der Waals surface area (Å²) in [6.45, 7) is -0.388. The maximum atomic E-state index is 12.9. The average Bonchev–Trinajstić information content (AvgIpc) is 2.60. The van der Waals surface area contributed by atoms with Gasteiger partial charge in [-0.25, -0.2) is 0 Å². The van der Waals surface area contributed by atoms with Gasteiger partial charge in [0.2, 0.25) is 0 Å². The lowest BCUT2D eigenvalue weighted by Crippen LogP contribution is -2.56. The molecule has 10 heteroatoms. The zero-order valence-corrected chi connectivity index (χ0v) is 20.1. The predicted octanol–water partition coefficient (Wildman–Crippen LogP) is 5.34. The molecule has 2 unspecified atom stereocenters. The zero-order valence-electron chi connectivity index (χ0n) is 15.4. The second kappa shape index (κ2) is 7.60. The largest absolute Gasteiger partial charge is 0.455 e. The molecule has 5 rings (SSSR count). The number of benzene rings is 1. The molecule has 0 spiro atoms. The number of rotatable bonds is 5. The highest BCUT2D eigenvalue weighted by Crippen LogP contribution is 2.64. The van der Waals surface area contributed by atoms with Gasteiger partial charge in [-0.2, -0.15) is 0 Å². The maximum Gasteiger partial charge on any atom is 0.312 e. The summed E-state index contributed by atoms with van der Waals surface area (Å²) in [6.07, 6.45) is 5.87. The third-order valence-corrected chi connectivity index (χ3v) is 8.44. The molecule has 1 amide bonds. The Morgan fingerprint density at radius 1 is 1.17 bits per heavy atom. The van der Waals surface area contributed by atoms with Gasteiger partial charge in [-0.05, 0) is 82.2 Å². The van der Waals surface area contributed by atoms with Gasteiger partial charge < -0.3 is 10.1 Å². The van der Waals surface area contributed by atoms with E-state index in [0.717, 1.165) is 32.1 Å². The van der Waals surface area contributed by atoms with Crippen molar-refractivity contribution >= 4 is 71.0 Å². The number of hydrogen-bond acceptors (Lipinski definition) is 5. The summed E-state index contributed by atoms with van der Waals surface area (Å²) in [6, 6.07) is 2.61. The minimum absolute atomic E-state index is 0.0346. The number of hydrogen-bond donors (Lipinski definition) is 1. The van der Waals surface area contributed by atoms with E-state index in [1.165, 1.54) is 18.6 Å². The number of halogens is 3. The summed E-state index contributed by atoms with van der Waals surface area (Å²) >= 11 is 10.3. The van der Waals surface area contributed by atoms with E-state index in [2.05, 4.69) is 53.1 Å². The molecule has 0 saturated heterocycles. The number of nitro groups is 1. The molecule has 4 fully saturated rings. The fourth-order valence-corrected chi connectivity index (χ4v) is 8.45. The van der Waals surface area contributed by atoms with Gasteiger partial charge in [0.1, 0.15) is 0 Å². The molecule has 156 valence electrons. The van der Waals surface area contributed by atoms with Gasteiger partial charge in [0.15, 0.2) is 6.61 Å². The van der Waals surface area contributed by atoms with E-state index >= 15 is 0 Å². The highest BCUT2D eigenvalue weighted by Gasteiger charge is 2.60. The standard InChI is InChI=1S/C19H19Br3N2O5/c20-13-2-12(24(27)28)3-14(21)16(13)23-15(25)8-29-17(26)18-4-10-1-11(5-18)7-19(22,6-10)9-18/h2-3,10-11H,1,4-9H2,(H,23,25). The number of amides is 1. The molecule has 1 N–H and O–H groups in total. The van der Waals surface area contributed by atoms with Gasteiger partial charge in [-0.15, -0.1) is 0 Å². The molecule has 0 radical (unpaired) electrons. The lowest BCUT2D eigenvalue weighted by atomic mass is 9.49. The first-order valence-electron chi connectivity index (χ1n) is 9.39. The maximum absolute atomic E-state index is 12.9. The van der Waals surface area contributed by atoms with Crippen LogP contribution in [0.15, 0.2) is 21.1 Å². The molecule has 4 aliphatic carbocycles. The minimum Gasteiger partial charge on any atom is -0.455 e. The number of alkyl halides is 1. The first-order chi connectivity index (χ1) is 13.6. The molecular formula is C19H19Br3N2O5. The molecule has 0 heterocycles. The number of anilines is 1. The Morgan fingerprint density at radius 3 is 2.28 bits per heavy atom. The number of nitrogens with one attached hydrogen (secondary N) is 1. The zero-order chi connectivity index (χ0) is 21.0. The van der Waals surface area contributed by atoms with Crippen LogP contribution in [0.3, 0.4) is 0 Å². The summed E-state index contributed by atoms with van der Waals surface area (Å²) in [4.78, 5) is 35.7. The first kappa shape index (κ1) is 21.2. The molecule has 4 bridgehead atoms. The third kappa shape index (κ3) is 4.12. The van der Waals surface area contributed by atoms with Crippen LogP contribution in [0.1, 0.15) is 38.5 Å². The van der Waals surface area contributed by atoms with Crippen LogP contribution in [0.25, 0.3) is 0 Å². The number of esters is 1. The SMILES string of the molecule is O=C(COC(=O)C12CC3CC(CC(Br)(C3)C1)C2)Nc1c(Br)cc([N+](=O)[O-])cc1Br. The molecule has 0 aliphatic heterocycles. The summed E-state index contributed by atoms with van der Waals surface area (Å²) in [7, 11) is 0. The molecule has 7 nitrogen and oxygen atoms in total. The van der Waals surface area contributed by atoms with E-state index in [1.54, 1.807) is 0 Å². The molecule has 4 saturated carbocycles. The molecule has 0 aromatic heterocycles. The number of carbonyl (C=O) groups is 2. The van der Waals surface area contributed by atoms with Gasteiger partial charge in [0.05, 0.1) is 16.0 Å². The van der Waals surface area contributed by atoms with E-state index in [4.69, 9.17) is 4.74 Å². The van der Waals surface area contributed by atoms with Crippen LogP contribution in [0.4, 0.5) is 11.4 Å². The number of carbonyl (C=O) groups excluding carboxylic acids is 2. The highest BCUT2D eigenvalue weighted by molar-refractivity contribution is 9.11. The fourth-order valence-electron chi connectivity index (χ4n) is 5.63. The van der Waals surface area contributed by atoms with Gasteiger partial charge in [0, 0.05) is 25.4 Å². The van der Waals surface area contributed by atoms with E-state index < -0.39 is 16.2 Å². The quantitative estimate of drug-likeness (QED) is 0.215. The van der Waals surface area contributed by atoms with Crippen molar-refractivity contribution in [2.75, 3.05) is 11.9 Å². The van der Waals surface area contributed by atoms with Crippen molar-refractivity contribution in [3.05, 3.63) is 31.2 Å². The third-order valence-electron chi connectivity index (χ3n) is 6.26. The number of nitro benzene ring substituents is 1. The normalized spacial score (nSPS) is 32.1. The monoisotopic (exact) mass is 592 g/mol. The summed E-state index contributed by atoms with van der Waals surface area (Å²) in [5.74, 6) is 0.312. The topological polar surface area (TPSA) is 98.5 Å². The van der Waals surface area contributed by atoms with Crippen molar-refractivity contribution in [1.82, 2.24) is 0 Å². The predicted molar refractivity (Wildman–Crippen MR) is 117 cm³/mol. The lowest BCUT2D eigenvalue weighted by molar-refractivity contribution is -0.385. The number of non-ortho nitro benzene ring substituents is 1. The Kier molecular flexibility index (Phi) is 5.57. The lowest BCUT2D eigenvalue weighted by Gasteiger charge is -2.58. The molecular weight excluding hydrogens is 576 g/mol. The van der Waals surface area contributed by atoms with Gasteiger partial charge in [0.25, 0.3) is 11.6 Å². The van der Waals surface area contributed by atoms with Crippen LogP contribution in [0.2, 0.25) is 0 Å². The van der Waals surface area contributed by atoms with Crippen LogP contribution in [-0.2, 0) is 14.3 Å². The Balaban J connectivity index is 1.39. The van der Waals surface area contributed by atoms with Crippen LogP contribution < -0.4 is 5.32 Å². The molecule has 4 aliphatic rings. The molecule has 1 aromatic rings. The summed E-state index contributed by atoms with van der Waals surface area (Å²) in [5, 5.41) is 13.6. The van der Waals surface area contributed by atoms with Crippen LogP contribution in [0, 0.1) is 27.4 Å². The minimum atomic E-state index is -0.523. The van der Waals surface area contributed by atoms with Crippen molar-refractivity contribution in [2.24, 2.45) is 17.3 Å². The van der Waals surface area contributed by atoms with E-state index in [9.17, 15) is 19.7 Å². The van der Waals surface area contributed by atoms with Crippen LogP contribution >= 0.6 is 47.8 Å². The highest BCUT2D eigenvalue weighted by atomic mass is 79.9. The van der Waals surface area contributed by atoms with Crippen LogP contribution in [-0.4, -0.2) is 27.7 Å². The Hall–Kier alpha value is -1.00. The van der Waals surface area contributed by atoms with E-state index in [-0.39, 0.29) is 22.6 Å². The van der Waals surface area contributed by atoms with Crippen molar-refractivity contribution in [3.8, 4) is 0 Å². The molecule has 2 atom stereocenters. The van der Waals surface area contributed by atoms with Crippen molar-refractivity contribution in [1.29, 1.82) is 0 Å². The van der Waals surface area contributed by atoms with E-state index in [0.29, 0.717) is 26.5 Å². The second-order valence-corrected chi connectivity index (χ2v) is 11.9. The van der Waals surface area contributed by atoms with Crippen molar-refractivity contribution < 1.29 is 19.2 Å². The average molecular weight is 595 g/mol. The van der Waals surface area contributed by atoms with Gasteiger partial charge in [-0.1, -0.05) is 15.9 Å². The van der Waals surface area contributed by atoms with Crippen molar-refractivity contribution in [3.63, 3.8) is 0 Å². The Labute approximate surface area is 192 Å². The van der Waals surface area contributed by atoms with E-state index in [1.807, 2.05) is 0 Å². The number of ether oxygens (including phenoxy) is 1. The smallest absolute Gasteiger partial charge is 0.312 e. The molecule has 1 aromatic carbocycles. The van der Waals surface area contributed by atoms with Gasteiger partial charge >= 0.3 is 5.97 Å². The molecule has 29 heavy (non-hydrogen) atoms. The fraction of sp³-hybridized carbons (Fsp3) is 0.579. The Bertz CT molecular complexity index is 869. The van der Waals surface area contributed by atoms with Crippen molar-refractivity contribution in [2.45, 2.75) is 42.8 Å². The second-order valence-electron chi connectivity index (χ2n) is 8.56.